The van der Waals surface area contributed by atoms with Crippen molar-refractivity contribution in [3.05, 3.63) is 65.2 Å². The summed E-state index contributed by atoms with van der Waals surface area (Å²) in [5, 5.41) is 9.80. The van der Waals surface area contributed by atoms with Gasteiger partial charge in [0.15, 0.2) is 11.6 Å². The second-order valence-corrected chi connectivity index (χ2v) is 3.44. The molecule has 1 heterocycles. The molecule has 0 saturated carbocycles. The second-order valence-electron chi connectivity index (χ2n) is 3.44. The minimum Gasteiger partial charge on any atom is -0.383 e. The van der Waals surface area contributed by atoms with Crippen molar-refractivity contribution in [3.63, 3.8) is 0 Å². The van der Waals surface area contributed by atoms with Crippen molar-refractivity contribution < 1.29 is 18.3 Å². The lowest BCUT2D eigenvalue weighted by atomic mass is 10.0. The molecule has 1 aromatic carbocycles. The molecule has 88 valence electrons. The third-order valence-electron chi connectivity index (χ3n) is 2.37. The number of aliphatic hydroxyl groups excluding tert-OH is 1. The van der Waals surface area contributed by atoms with Gasteiger partial charge in [0.2, 0.25) is 0 Å². The zero-order valence-electron chi connectivity index (χ0n) is 8.57. The summed E-state index contributed by atoms with van der Waals surface area (Å²) >= 11 is 0. The molecule has 2 aromatic rings. The number of hydrogen-bond donors (Lipinski definition) is 1. The Morgan fingerprint density at radius 1 is 1.00 bits per heavy atom. The third kappa shape index (κ3) is 2.14. The van der Waals surface area contributed by atoms with Crippen molar-refractivity contribution in [3.8, 4) is 0 Å². The van der Waals surface area contributed by atoms with Crippen molar-refractivity contribution in [2.24, 2.45) is 0 Å². The van der Waals surface area contributed by atoms with Gasteiger partial charge in [-0.1, -0.05) is 12.1 Å². The van der Waals surface area contributed by atoms with Gasteiger partial charge < -0.3 is 5.11 Å². The molecule has 0 amide bonds. The summed E-state index contributed by atoms with van der Waals surface area (Å²) in [6.07, 6.45) is 0.600. The Morgan fingerprint density at radius 2 is 1.76 bits per heavy atom. The summed E-state index contributed by atoms with van der Waals surface area (Å²) in [5.74, 6) is -3.05. The zero-order valence-corrected chi connectivity index (χ0v) is 8.57. The van der Waals surface area contributed by atoms with Gasteiger partial charge >= 0.3 is 0 Å². The van der Waals surface area contributed by atoms with Crippen molar-refractivity contribution in [1.29, 1.82) is 0 Å². The first-order valence-corrected chi connectivity index (χ1v) is 4.82. The lowest BCUT2D eigenvalue weighted by Gasteiger charge is -2.12. The maximum atomic E-state index is 13.4. The standard InChI is InChI=1S/C12H8F3NO/c13-9-3-1-2-8(11(9)15)12(17)7-4-5-16-6-10(7)14/h1-6,12,17H. The first-order chi connectivity index (χ1) is 8.11. The number of aromatic nitrogens is 1. The van der Waals surface area contributed by atoms with E-state index in [1.807, 2.05) is 0 Å². The fourth-order valence-corrected chi connectivity index (χ4v) is 1.51. The van der Waals surface area contributed by atoms with Gasteiger partial charge in [0.05, 0.1) is 6.20 Å². The average Bonchev–Trinajstić information content (AvgIpc) is 2.32. The summed E-state index contributed by atoms with van der Waals surface area (Å²) in [4.78, 5) is 3.51. The van der Waals surface area contributed by atoms with Crippen LogP contribution in [0, 0.1) is 17.5 Å². The van der Waals surface area contributed by atoms with Crippen LogP contribution in [0.5, 0.6) is 0 Å². The van der Waals surface area contributed by atoms with E-state index in [0.717, 1.165) is 12.3 Å². The van der Waals surface area contributed by atoms with E-state index in [0.29, 0.717) is 0 Å². The molecule has 1 unspecified atom stereocenters. The van der Waals surface area contributed by atoms with Crippen molar-refractivity contribution in [2.75, 3.05) is 0 Å². The number of nitrogens with zero attached hydrogens (tertiary/aromatic N) is 1. The molecule has 5 heteroatoms. The molecular formula is C12H8F3NO. The molecule has 0 bridgehead atoms. The Kier molecular flexibility index (Phi) is 3.10. The van der Waals surface area contributed by atoms with E-state index in [2.05, 4.69) is 4.98 Å². The molecule has 1 atom stereocenters. The van der Waals surface area contributed by atoms with E-state index < -0.39 is 23.6 Å². The smallest absolute Gasteiger partial charge is 0.164 e. The average molecular weight is 239 g/mol. The minimum atomic E-state index is -1.56. The molecule has 1 N–H and O–H groups in total. The Labute approximate surface area is 95.4 Å². The fraction of sp³-hybridized carbons (Fsp3) is 0.0833. The van der Waals surface area contributed by atoms with Crippen molar-refractivity contribution in [1.82, 2.24) is 4.98 Å². The number of pyridine rings is 1. The SMILES string of the molecule is OC(c1ccncc1F)c1cccc(F)c1F. The first-order valence-electron chi connectivity index (χ1n) is 4.82. The van der Waals surface area contributed by atoms with Crippen LogP contribution in [0.3, 0.4) is 0 Å². The molecule has 2 rings (SSSR count). The molecule has 0 aliphatic carbocycles. The van der Waals surface area contributed by atoms with E-state index >= 15 is 0 Å². The summed E-state index contributed by atoms with van der Waals surface area (Å²) in [6.45, 7) is 0. The van der Waals surface area contributed by atoms with Crippen LogP contribution in [0.25, 0.3) is 0 Å². The van der Waals surface area contributed by atoms with Crippen LogP contribution >= 0.6 is 0 Å². The van der Waals surface area contributed by atoms with E-state index in [1.165, 1.54) is 24.4 Å². The number of halogens is 3. The molecular weight excluding hydrogens is 231 g/mol. The van der Waals surface area contributed by atoms with Gasteiger partial charge in [0.25, 0.3) is 0 Å². The van der Waals surface area contributed by atoms with Crippen molar-refractivity contribution in [2.45, 2.75) is 6.10 Å². The van der Waals surface area contributed by atoms with Gasteiger partial charge in [0.1, 0.15) is 11.9 Å². The largest absolute Gasteiger partial charge is 0.383 e. The summed E-state index contributed by atoms with van der Waals surface area (Å²) in [7, 11) is 0. The predicted molar refractivity (Wildman–Crippen MR) is 54.6 cm³/mol. The molecule has 0 fully saturated rings. The van der Waals surface area contributed by atoms with Crippen LogP contribution in [0.4, 0.5) is 13.2 Å². The normalized spacial score (nSPS) is 12.5. The summed E-state index contributed by atoms with van der Waals surface area (Å²) < 4.78 is 39.7. The highest BCUT2D eigenvalue weighted by Gasteiger charge is 2.20. The third-order valence-corrected chi connectivity index (χ3v) is 2.37. The van der Waals surface area contributed by atoms with Gasteiger partial charge in [0, 0.05) is 17.3 Å². The molecule has 0 aliphatic rings. The van der Waals surface area contributed by atoms with Crippen LogP contribution in [-0.2, 0) is 0 Å². The highest BCUT2D eigenvalue weighted by molar-refractivity contribution is 5.30. The van der Waals surface area contributed by atoms with Crippen molar-refractivity contribution >= 4 is 0 Å². The summed E-state index contributed by atoms with van der Waals surface area (Å²) in [5.41, 5.74) is -0.459. The Hall–Kier alpha value is -1.88. The predicted octanol–water partition coefficient (Wildman–Crippen LogP) is 2.58. The Bertz CT molecular complexity index is 545. The zero-order chi connectivity index (χ0) is 12.4. The fourth-order valence-electron chi connectivity index (χ4n) is 1.51. The van der Waals surface area contributed by atoms with Gasteiger partial charge in [-0.25, -0.2) is 13.2 Å². The Morgan fingerprint density at radius 3 is 2.47 bits per heavy atom. The quantitative estimate of drug-likeness (QED) is 0.873. The molecule has 0 spiro atoms. The van der Waals surface area contributed by atoms with Crippen LogP contribution in [0.1, 0.15) is 17.2 Å². The van der Waals surface area contributed by atoms with Gasteiger partial charge in [-0.05, 0) is 12.1 Å². The van der Waals surface area contributed by atoms with Gasteiger partial charge in [-0.2, -0.15) is 0 Å². The molecule has 0 radical (unpaired) electrons. The maximum absolute atomic E-state index is 13.4. The summed E-state index contributed by atoms with van der Waals surface area (Å²) in [6, 6.07) is 4.58. The highest BCUT2D eigenvalue weighted by atomic mass is 19.2. The lowest BCUT2D eigenvalue weighted by molar-refractivity contribution is 0.208. The number of aliphatic hydroxyl groups is 1. The number of rotatable bonds is 2. The van der Waals surface area contributed by atoms with E-state index in [1.54, 1.807) is 0 Å². The number of benzene rings is 1. The second kappa shape index (κ2) is 4.55. The maximum Gasteiger partial charge on any atom is 0.164 e. The van der Waals surface area contributed by atoms with E-state index in [-0.39, 0.29) is 11.1 Å². The number of hydrogen-bond acceptors (Lipinski definition) is 2. The van der Waals surface area contributed by atoms with Crippen LogP contribution in [0.2, 0.25) is 0 Å². The monoisotopic (exact) mass is 239 g/mol. The molecule has 17 heavy (non-hydrogen) atoms. The molecule has 0 aliphatic heterocycles. The topological polar surface area (TPSA) is 33.1 Å². The van der Waals surface area contributed by atoms with Gasteiger partial charge in [-0.15, -0.1) is 0 Å². The Balaban J connectivity index is 2.48. The molecule has 1 aromatic heterocycles. The highest BCUT2D eigenvalue weighted by Crippen LogP contribution is 2.26. The van der Waals surface area contributed by atoms with E-state index in [9.17, 15) is 18.3 Å². The first kappa shape index (κ1) is 11.6. The van der Waals surface area contributed by atoms with Gasteiger partial charge in [-0.3, -0.25) is 4.98 Å². The van der Waals surface area contributed by atoms with Crippen LogP contribution in [-0.4, -0.2) is 10.1 Å². The molecule has 0 saturated heterocycles. The lowest BCUT2D eigenvalue weighted by Crippen LogP contribution is -2.06. The van der Waals surface area contributed by atoms with Crippen LogP contribution in [0.15, 0.2) is 36.7 Å². The van der Waals surface area contributed by atoms with E-state index in [4.69, 9.17) is 0 Å². The van der Waals surface area contributed by atoms with Crippen LogP contribution < -0.4 is 0 Å². The minimum absolute atomic E-state index is 0.149. The molecule has 2 nitrogen and oxygen atoms in total.